The van der Waals surface area contributed by atoms with Crippen molar-refractivity contribution in [2.45, 2.75) is 20.0 Å². The summed E-state index contributed by atoms with van der Waals surface area (Å²) in [6, 6.07) is 0.440. The van der Waals surface area contributed by atoms with Gasteiger partial charge in [0.2, 0.25) is 5.88 Å². The number of hydrogen-bond acceptors (Lipinski definition) is 4. The number of aromatic nitrogens is 1. The number of rotatable bonds is 3. The van der Waals surface area contributed by atoms with Crippen LogP contribution in [0, 0.1) is 17.0 Å². The zero-order valence-corrected chi connectivity index (χ0v) is 8.42. The van der Waals surface area contributed by atoms with Gasteiger partial charge in [-0.1, -0.05) is 0 Å². The molecule has 0 saturated carbocycles. The number of nitrogens with zero attached hydrogens (tertiary/aromatic N) is 2. The largest absolute Gasteiger partial charge is 0.574 e. The van der Waals surface area contributed by atoms with Crippen LogP contribution >= 0.6 is 0 Å². The van der Waals surface area contributed by atoms with Crippen molar-refractivity contribution in [2.24, 2.45) is 0 Å². The summed E-state index contributed by atoms with van der Waals surface area (Å²) in [6.45, 7) is -0.0351. The first kappa shape index (κ1) is 13.1. The summed E-state index contributed by atoms with van der Waals surface area (Å²) >= 11 is 0. The molecule has 0 N–H and O–H groups in total. The summed E-state index contributed by atoms with van der Waals surface area (Å²) in [6.07, 6.45) is -5.01. The van der Waals surface area contributed by atoms with E-state index in [1.807, 2.05) is 0 Å². The Bertz CT molecular complexity index is 447. The van der Waals surface area contributed by atoms with Crippen LogP contribution in [0.3, 0.4) is 0 Å². The molecule has 0 bridgehead atoms. The Balaban J connectivity index is 3.25. The Morgan fingerprint density at radius 3 is 2.53 bits per heavy atom. The maximum absolute atomic E-state index is 12.5. The molecule has 0 aliphatic rings. The van der Waals surface area contributed by atoms with E-state index < -0.39 is 29.5 Å². The molecule has 94 valence electrons. The lowest BCUT2D eigenvalue weighted by Crippen LogP contribution is -2.18. The van der Waals surface area contributed by atoms with Crippen molar-refractivity contribution in [1.29, 1.82) is 0 Å². The van der Waals surface area contributed by atoms with Gasteiger partial charge >= 0.3 is 6.36 Å². The molecule has 1 aromatic heterocycles. The highest BCUT2D eigenvalue weighted by molar-refractivity contribution is 5.45. The van der Waals surface area contributed by atoms with Crippen LogP contribution in [-0.4, -0.2) is 16.3 Å². The minimum Gasteiger partial charge on any atom is -0.388 e. The summed E-state index contributed by atoms with van der Waals surface area (Å²) < 4.78 is 51.6. The highest BCUT2D eigenvalue weighted by Gasteiger charge is 2.33. The fraction of sp³-hybridized carbons (Fsp3) is 0.375. The molecular formula is C8H6F4N2O3. The Morgan fingerprint density at radius 2 is 2.12 bits per heavy atom. The number of pyridine rings is 1. The van der Waals surface area contributed by atoms with Crippen LogP contribution in [-0.2, 0) is 6.67 Å². The molecule has 0 aliphatic heterocycles. The fourth-order valence-corrected chi connectivity index (χ4v) is 1.15. The molecule has 1 aromatic rings. The second-order valence-electron chi connectivity index (χ2n) is 2.98. The molecule has 1 heterocycles. The van der Waals surface area contributed by atoms with Crippen molar-refractivity contribution in [3.63, 3.8) is 0 Å². The Labute approximate surface area is 92.2 Å². The van der Waals surface area contributed by atoms with Crippen LogP contribution < -0.4 is 4.74 Å². The molecule has 9 heteroatoms. The maximum atomic E-state index is 12.5. The van der Waals surface area contributed by atoms with Gasteiger partial charge in [-0.05, 0) is 6.92 Å². The van der Waals surface area contributed by atoms with E-state index in [1.165, 1.54) is 0 Å². The summed E-state index contributed by atoms with van der Waals surface area (Å²) in [5.74, 6) is -0.987. The first-order chi connectivity index (χ1) is 7.74. The van der Waals surface area contributed by atoms with Gasteiger partial charge in [0.15, 0.2) is 0 Å². The molecule has 0 amide bonds. The molecule has 0 saturated heterocycles. The van der Waals surface area contributed by atoms with Gasteiger partial charge in [-0.15, -0.1) is 13.2 Å². The second-order valence-corrected chi connectivity index (χ2v) is 2.98. The highest BCUT2D eigenvalue weighted by Crippen LogP contribution is 2.29. The lowest BCUT2D eigenvalue weighted by atomic mass is 10.2. The minimum atomic E-state index is -5.01. The van der Waals surface area contributed by atoms with Crippen molar-refractivity contribution >= 4 is 5.69 Å². The van der Waals surface area contributed by atoms with Gasteiger partial charge in [0.25, 0.3) is 5.69 Å². The molecule has 1 rings (SSSR count). The predicted octanol–water partition coefficient (Wildman–Crippen LogP) is 2.67. The van der Waals surface area contributed by atoms with E-state index in [9.17, 15) is 27.7 Å². The van der Waals surface area contributed by atoms with Crippen LogP contribution in [0.25, 0.3) is 0 Å². The molecule has 0 unspecified atom stereocenters. The molecule has 5 nitrogen and oxygen atoms in total. The standard InChI is InChI=1S/C8H6F4N2O3/c1-4-5(3-9)6(14(15)16)2-7(13-4)17-8(10,11)12/h2H,3H2,1H3. The van der Waals surface area contributed by atoms with Crippen molar-refractivity contribution in [3.8, 4) is 5.88 Å². The second kappa shape index (κ2) is 4.52. The molecule has 0 radical (unpaired) electrons. The van der Waals surface area contributed by atoms with Gasteiger partial charge in [0.1, 0.15) is 6.67 Å². The number of halogens is 4. The average molecular weight is 254 g/mol. The third kappa shape index (κ3) is 3.26. The summed E-state index contributed by atoms with van der Waals surface area (Å²) in [5, 5.41) is 10.5. The average Bonchev–Trinajstić information content (AvgIpc) is 2.13. The minimum absolute atomic E-state index is 0.221. The van der Waals surface area contributed by atoms with Crippen LogP contribution in [0.5, 0.6) is 5.88 Å². The van der Waals surface area contributed by atoms with Gasteiger partial charge in [0, 0.05) is 0 Å². The lowest BCUT2D eigenvalue weighted by Gasteiger charge is -2.09. The van der Waals surface area contributed by atoms with E-state index in [4.69, 9.17) is 0 Å². The van der Waals surface area contributed by atoms with Gasteiger partial charge in [-0.2, -0.15) is 0 Å². The lowest BCUT2D eigenvalue weighted by molar-refractivity contribution is -0.386. The number of hydrogen-bond donors (Lipinski definition) is 0. The first-order valence-corrected chi connectivity index (χ1v) is 4.21. The quantitative estimate of drug-likeness (QED) is 0.472. The van der Waals surface area contributed by atoms with Crippen molar-refractivity contribution in [2.75, 3.05) is 0 Å². The predicted molar refractivity (Wildman–Crippen MR) is 47.1 cm³/mol. The van der Waals surface area contributed by atoms with Crippen LogP contribution in [0.2, 0.25) is 0 Å². The highest BCUT2D eigenvalue weighted by atomic mass is 19.4. The van der Waals surface area contributed by atoms with Crippen LogP contribution in [0.15, 0.2) is 6.07 Å². The van der Waals surface area contributed by atoms with E-state index in [0.29, 0.717) is 6.07 Å². The van der Waals surface area contributed by atoms with Gasteiger partial charge in [-0.25, -0.2) is 9.37 Å². The SMILES string of the molecule is Cc1nc(OC(F)(F)F)cc([N+](=O)[O-])c1CF. The molecule has 0 spiro atoms. The first-order valence-electron chi connectivity index (χ1n) is 4.21. The number of alkyl halides is 4. The molecule has 0 aliphatic carbocycles. The van der Waals surface area contributed by atoms with Gasteiger partial charge < -0.3 is 4.74 Å². The summed E-state index contributed by atoms with van der Waals surface area (Å²) in [7, 11) is 0. The zero-order valence-electron chi connectivity index (χ0n) is 8.42. The van der Waals surface area contributed by atoms with Crippen LogP contribution in [0.1, 0.15) is 11.3 Å². The van der Waals surface area contributed by atoms with E-state index in [2.05, 4.69) is 9.72 Å². The Kier molecular flexibility index (Phi) is 3.49. The van der Waals surface area contributed by atoms with E-state index >= 15 is 0 Å². The van der Waals surface area contributed by atoms with Gasteiger partial charge in [-0.3, -0.25) is 10.1 Å². The van der Waals surface area contributed by atoms with Gasteiger partial charge in [0.05, 0.1) is 22.2 Å². The monoisotopic (exact) mass is 254 g/mol. The molecule has 17 heavy (non-hydrogen) atoms. The molecule has 0 fully saturated rings. The number of ether oxygens (including phenoxy) is 1. The number of aryl methyl sites for hydroxylation is 1. The Hall–Kier alpha value is -1.93. The third-order valence-corrected chi connectivity index (χ3v) is 1.83. The molecule has 0 aromatic carbocycles. The third-order valence-electron chi connectivity index (χ3n) is 1.83. The fourth-order valence-electron chi connectivity index (χ4n) is 1.15. The number of nitro groups is 1. The van der Waals surface area contributed by atoms with E-state index in [-0.39, 0.29) is 11.3 Å². The van der Waals surface area contributed by atoms with Crippen molar-refractivity contribution in [1.82, 2.24) is 4.98 Å². The molecular weight excluding hydrogens is 248 g/mol. The van der Waals surface area contributed by atoms with Crippen LogP contribution in [0.4, 0.5) is 23.2 Å². The summed E-state index contributed by atoms with van der Waals surface area (Å²) in [5.41, 5.74) is -1.38. The van der Waals surface area contributed by atoms with Crippen molar-refractivity contribution in [3.05, 3.63) is 27.4 Å². The normalized spacial score (nSPS) is 11.4. The topological polar surface area (TPSA) is 65.3 Å². The smallest absolute Gasteiger partial charge is 0.388 e. The maximum Gasteiger partial charge on any atom is 0.574 e. The Morgan fingerprint density at radius 1 is 1.53 bits per heavy atom. The van der Waals surface area contributed by atoms with E-state index in [1.54, 1.807) is 0 Å². The zero-order chi connectivity index (χ0) is 13.2. The molecule has 0 atom stereocenters. The summed E-state index contributed by atoms with van der Waals surface area (Å²) in [4.78, 5) is 12.8. The van der Waals surface area contributed by atoms with E-state index in [0.717, 1.165) is 6.92 Å². The van der Waals surface area contributed by atoms with Crippen molar-refractivity contribution < 1.29 is 27.2 Å².